The van der Waals surface area contributed by atoms with Crippen LogP contribution in [-0.2, 0) is 6.42 Å². The van der Waals surface area contributed by atoms with E-state index in [4.69, 9.17) is 11.6 Å². The van der Waals surface area contributed by atoms with Crippen LogP contribution in [0.1, 0.15) is 24.8 Å². The zero-order valence-electron chi connectivity index (χ0n) is 9.31. The van der Waals surface area contributed by atoms with Gasteiger partial charge in [-0.3, -0.25) is 0 Å². The largest absolute Gasteiger partial charge is 0.373 e. The summed E-state index contributed by atoms with van der Waals surface area (Å²) in [5, 5.41) is 10.6. The standard InChI is InChI=1S/C13H13ClN2O/c14-12-10-7-4-8-11(17)16(10)13(15-12)9-5-2-1-3-6-9/h1-3,5-6,11,17H,4,7-8H2. The predicted molar refractivity (Wildman–Crippen MR) is 66.9 cm³/mol. The Morgan fingerprint density at radius 2 is 2.06 bits per heavy atom. The summed E-state index contributed by atoms with van der Waals surface area (Å²) in [6.07, 6.45) is 2.10. The molecule has 2 heterocycles. The molecule has 0 bridgehead atoms. The number of imidazole rings is 1. The molecule has 0 radical (unpaired) electrons. The Morgan fingerprint density at radius 3 is 2.82 bits per heavy atom. The molecule has 4 heteroatoms. The molecule has 1 aromatic carbocycles. The lowest BCUT2D eigenvalue weighted by molar-refractivity contribution is 0.0807. The van der Waals surface area contributed by atoms with E-state index in [-0.39, 0.29) is 0 Å². The first-order valence-corrected chi connectivity index (χ1v) is 6.15. The van der Waals surface area contributed by atoms with Gasteiger partial charge in [0.1, 0.15) is 12.1 Å². The molecule has 3 rings (SSSR count). The van der Waals surface area contributed by atoms with E-state index in [1.165, 1.54) is 0 Å². The minimum atomic E-state index is -0.506. The van der Waals surface area contributed by atoms with Crippen LogP contribution in [0.15, 0.2) is 30.3 Å². The minimum absolute atomic E-state index is 0.506. The number of aliphatic hydroxyl groups is 1. The van der Waals surface area contributed by atoms with Crippen molar-refractivity contribution in [3.8, 4) is 11.4 Å². The van der Waals surface area contributed by atoms with Crippen molar-refractivity contribution in [1.82, 2.24) is 9.55 Å². The number of rotatable bonds is 1. The molecule has 1 aromatic heterocycles. The molecule has 0 amide bonds. The lowest BCUT2D eigenvalue weighted by Crippen LogP contribution is -2.17. The first-order chi connectivity index (χ1) is 8.27. The highest BCUT2D eigenvalue weighted by Crippen LogP contribution is 2.33. The van der Waals surface area contributed by atoms with E-state index < -0.39 is 6.23 Å². The topological polar surface area (TPSA) is 38.1 Å². The second-order valence-electron chi connectivity index (χ2n) is 4.28. The normalized spacial score (nSPS) is 19.1. The van der Waals surface area contributed by atoms with Gasteiger partial charge in [-0.1, -0.05) is 41.9 Å². The molecule has 17 heavy (non-hydrogen) atoms. The van der Waals surface area contributed by atoms with Crippen LogP contribution in [0.25, 0.3) is 11.4 Å². The van der Waals surface area contributed by atoms with E-state index >= 15 is 0 Å². The lowest BCUT2D eigenvalue weighted by atomic mass is 10.1. The minimum Gasteiger partial charge on any atom is -0.373 e. The molecule has 1 N–H and O–H groups in total. The van der Waals surface area contributed by atoms with Gasteiger partial charge in [-0.2, -0.15) is 0 Å². The van der Waals surface area contributed by atoms with Crippen molar-refractivity contribution in [2.75, 3.05) is 0 Å². The van der Waals surface area contributed by atoms with Gasteiger partial charge in [0.15, 0.2) is 5.15 Å². The number of hydrogen-bond acceptors (Lipinski definition) is 2. The third-order valence-electron chi connectivity index (χ3n) is 3.17. The summed E-state index contributed by atoms with van der Waals surface area (Å²) in [5.74, 6) is 0.762. The van der Waals surface area contributed by atoms with Crippen molar-refractivity contribution < 1.29 is 5.11 Å². The molecule has 0 spiro atoms. The molecular formula is C13H13ClN2O. The third kappa shape index (κ3) is 1.75. The van der Waals surface area contributed by atoms with Crippen molar-refractivity contribution in [1.29, 1.82) is 0 Å². The molecule has 3 nitrogen and oxygen atoms in total. The molecule has 0 fully saturated rings. The molecule has 0 aliphatic carbocycles. The third-order valence-corrected chi connectivity index (χ3v) is 3.47. The monoisotopic (exact) mass is 248 g/mol. The number of fused-ring (bicyclic) bond motifs is 1. The van der Waals surface area contributed by atoms with Crippen LogP contribution in [0.2, 0.25) is 5.15 Å². The Balaban J connectivity index is 2.18. The quantitative estimate of drug-likeness (QED) is 0.842. The maximum atomic E-state index is 10.1. The summed E-state index contributed by atoms with van der Waals surface area (Å²) in [7, 11) is 0. The predicted octanol–water partition coefficient (Wildman–Crippen LogP) is 3.03. The number of aliphatic hydroxyl groups excluding tert-OH is 1. The highest BCUT2D eigenvalue weighted by molar-refractivity contribution is 6.30. The van der Waals surface area contributed by atoms with Gasteiger partial charge in [0.2, 0.25) is 0 Å². The molecule has 0 saturated carbocycles. The smallest absolute Gasteiger partial charge is 0.151 e. The van der Waals surface area contributed by atoms with E-state index in [0.29, 0.717) is 5.15 Å². The number of nitrogens with zero attached hydrogens (tertiary/aromatic N) is 2. The molecular weight excluding hydrogens is 236 g/mol. The molecule has 1 aliphatic rings. The van der Waals surface area contributed by atoms with E-state index in [0.717, 1.165) is 36.3 Å². The van der Waals surface area contributed by atoms with Crippen LogP contribution in [0.4, 0.5) is 0 Å². The van der Waals surface area contributed by atoms with Gasteiger partial charge < -0.3 is 9.67 Å². The van der Waals surface area contributed by atoms with Gasteiger partial charge in [0.25, 0.3) is 0 Å². The van der Waals surface area contributed by atoms with Gasteiger partial charge in [0, 0.05) is 5.56 Å². The van der Waals surface area contributed by atoms with Crippen LogP contribution in [0, 0.1) is 0 Å². The molecule has 1 aliphatic heterocycles. The van der Waals surface area contributed by atoms with Crippen LogP contribution in [-0.4, -0.2) is 14.7 Å². The Morgan fingerprint density at radius 1 is 1.29 bits per heavy atom. The Labute approximate surface area is 105 Å². The average molecular weight is 249 g/mol. The summed E-state index contributed by atoms with van der Waals surface area (Å²) >= 11 is 6.14. The highest BCUT2D eigenvalue weighted by atomic mass is 35.5. The molecule has 88 valence electrons. The number of hydrogen-bond donors (Lipinski definition) is 1. The second-order valence-corrected chi connectivity index (χ2v) is 4.64. The van der Waals surface area contributed by atoms with Crippen molar-refractivity contribution in [3.05, 3.63) is 41.2 Å². The fraction of sp³-hybridized carbons (Fsp3) is 0.308. The van der Waals surface area contributed by atoms with Gasteiger partial charge in [-0.05, 0) is 19.3 Å². The summed E-state index contributed by atoms with van der Waals surface area (Å²) in [6.45, 7) is 0. The summed E-state index contributed by atoms with van der Waals surface area (Å²) < 4.78 is 1.86. The van der Waals surface area contributed by atoms with Crippen LogP contribution in [0.3, 0.4) is 0 Å². The van der Waals surface area contributed by atoms with Crippen molar-refractivity contribution in [2.24, 2.45) is 0 Å². The van der Waals surface area contributed by atoms with Crippen LogP contribution >= 0.6 is 11.6 Å². The van der Waals surface area contributed by atoms with Crippen LogP contribution in [0.5, 0.6) is 0 Å². The summed E-state index contributed by atoms with van der Waals surface area (Å²) in [6, 6.07) is 9.84. The number of aromatic nitrogens is 2. The fourth-order valence-electron chi connectivity index (χ4n) is 2.36. The maximum absolute atomic E-state index is 10.1. The van der Waals surface area contributed by atoms with E-state index in [2.05, 4.69) is 4.98 Å². The first kappa shape index (κ1) is 10.8. The van der Waals surface area contributed by atoms with E-state index in [1.807, 2.05) is 34.9 Å². The average Bonchev–Trinajstić information content (AvgIpc) is 2.70. The molecule has 1 unspecified atom stereocenters. The van der Waals surface area contributed by atoms with Gasteiger partial charge >= 0.3 is 0 Å². The zero-order chi connectivity index (χ0) is 11.8. The lowest BCUT2D eigenvalue weighted by Gasteiger charge is -2.22. The number of benzene rings is 1. The van der Waals surface area contributed by atoms with Crippen LogP contribution < -0.4 is 0 Å². The zero-order valence-corrected chi connectivity index (χ0v) is 10.1. The summed E-state index contributed by atoms with van der Waals surface area (Å²) in [4.78, 5) is 4.38. The molecule has 0 saturated heterocycles. The van der Waals surface area contributed by atoms with Gasteiger partial charge in [0.05, 0.1) is 5.69 Å². The Kier molecular flexibility index (Phi) is 2.65. The Hall–Kier alpha value is -1.32. The molecule has 2 aromatic rings. The van der Waals surface area contributed by atoms with Crippen molar-refractivity contribution >= 4 is 11.6 Å². The fourth-order valence-corrected chi connectivity index (χ4v) is 2.62. The SMILES string of the molecule is OC1CCCc2c(Cl)nc(-c3ccccc3)n21. The maximum Gasteiger partial charge on any atom is 0.151 e. The second kappa shape index (κ2) is 4.17. The van der Waals surface area contributed by atoms with Crippen molar-refractivity contribution in [2.45, 2.75) is 25.5 Å². The Bertz CT molecular complexity index is 536. The van der Waals surface area contributed by atoms with Gasteiger partial charge in [-0.15, -0.1) is 0 Å². The molecule has 1 atom stereocenters. The summed E-state index contributed by atoms with van der Waals surface area (Å²) in [5.41, 5.74) is 1.94. The van der Waals surface area contributed by atoms with E-state index in [9.17, 15) is 5.11 Å². The highest BCUT2D eigenvalue weighted by Gasteiger charge is 2.25. The van der Waals surface area contributed by atoms with E-state index in [1.54, 1.807) is 0 Å². The van der Waals surface area contributed by atoms with Crippen molar-refractivity contribution in [3.63, 3.8) is 0 Å². The van der Waals surface area contributed by atoms with Gasteiger partial charge in [-0.25, -0.2) is 4.98 Å². The first-order valence-electron chi connectivity index (χ1n) is 5.77. The number of halogens is 1.